The number of nitrogens with zero attached hydrogens (tertiary/aromatic N) is 1. The molecule has 1 aliphatic rings. The van der Waals surface area contributed by atoms with Gasteiger partial charge >= 0.3 is 0 Å². The predicted octanol–water partition coefficient (Wildman–Crippen LogP) is 2.00. The van der Waals surface area contributed by atoms with E-state index >= 15 is 0 Å². The monoisotopic (exact) mass is 242 g/mol. The molecule has 0 saturated carbocycles. The minimum absolute atomic E-state index is 0.529. The van der Waals surface area contributed by atoms with Crippen molar-refractivity contribution in [3.8, 4) is 0 Å². The Labute approximate surface area is 107 Å². The van der Waals surface area contributed by atoms with E-state index in [4.69, 9.17) is 0 Å². The van der Waals surface area contributed by atoms with E-state index in [0.717, 1.165) is 26.1 Å². The molecule has 3 heteroatoms. The van der Waals surface area contributed by atoms with Crippen molar-refractivity contribution < 1.29 is 5.11 Å². The molecule has 1 atom stereocenters. The summed E-state index contributed by atoms with van der Waals surface area (Å²) in [5.41, 5.74) is -0.529. The Hall–Kier alpha value is -0.120. The van der Waals surface area contributed by atoms with Crippen LogP contribution in [0.5, 0.6) is 0 Å². The highest BCUT2D eigenvalue weighted by Crippen LogP contribution is 2.18. The topological polar surface area (TPSA) is 35.5 Å². The highest BCUT2D eigenvalue weighted by atomic mass is 16.3. The molecule has 0 aromatic carbocycles. The molecule has 1 rings (SSSR count). The lowest BCUT2D eigenvalue weighted by Gasteiger charge is -2.37. The summed E-state index contributed by atoms with van der Waals surface area (Å²) in [5.74, 6) is 0. The van der Waals surface area contributed by atoms with Crippen LogP contribution >= 0.6 is 0 Å². The highest BCUT2D eigenvalue weighted by Gasteiger charge is 2.23. The van der Waals surface area contributed by atoms with Crippen LogP contribution in [-0.4, -0.2) is 47.8 Å². The molecule has 0 radical (unpaired) electrons. The van der Waals surface area contributed by atoms with Crippen molar-refractivity contribution in [2.75, 3.05) is 26.2 Å². The van der Waals surface area contributed by atoms with E-state index in [2.05, 4.69) is 17.1 Å². The molecule has 0 amide bonds. The standard InChI is InChI=1S/C14H30N2O/c1-4-9-15-12-13-7-5-6-10-16(13)11-8-14(2,3)17/h13,15,17H,4-12H2,1-3H3. The van der Waals surface area contributed by atoms with Gasteiger partial charge in [0, 0.05) is 19.1 Å². The number of hydrogen-bond donors (Lipinski definition) is 2. The van der Waals surface area contributed by atoms with Crippen molar-refractivity contribution >= 4 is 0 Å². The normalized spacial score (nSPS) is 22.9. The molecule has 0 bridgehead atoms. The minimum atomic E-state index is -0.529. The van der Waals surface area contributed by atoms with Crippen molar-refractivity contribution in [2.24, 2.45) is 0 Å². The fourth-order valence-electron chi connectivity index (χ4n) is 2.45. The lowest BCUT2D eigenvalue weighted by atomic mass is 9.99. The molecule has 1 unspecified atom stereocenters. The summed E-state index contributed by atoms with van der Waals surface area (Å²) in [7, 11) is 0. The van der Waals surface area contributed by atoms with Crippen LogP contribution < -0.4 is 5.32 Å². The minimum Gasteiger partial charge on any atom is -0.390 e. The maximum atomic E-state index is 9.81. The fraction of sp³-hybridized carbons (Fsp3) is 1.00. The zero-order valence-electron chi connectivity index (χ0n) is 11.8. The van der Waals surface area contributed by atoms with Crippen LogP contribution in [0, 0.1) is 0 Å². The van der Waals surface area contributed by atoms with Crippen LogP contribution in [0.4, 0.5) is 0 Å². The van der Waals surface area contributed by atoms with Crippen LogP contribution in [-0.2, 0) is 0 Å². The maximum Gasteiger partial charge on any atom is 0.0603 e. The van der Waals surface area contributed by atoms with Gasteiger partial charge in [0.2, 0.25) is 0 Å². The highest BCUT2D eigenvalue weighted by molar-refractivity contribution is 4.80. The zero-order chi connectivity index (χ0) is 12.7. The number of nitrogens with one attached hydrogen (secondary N) is 1. The summed E-state index contributed by atoms with van der Waals surface area (Å²) in [6.07, 6.45) is 6.06. The van der Waals surface area contributed by atoms with Crippen molar-refractivity contribution in [3.05, 3.63) is 0 Å². The van der Waals surface area contributed by atoms with Gasteiger partial charge in [-0.05, 0) is 52.6 Å². The molecule has 1 saturated heterocycles. The fourth-order valence-corrected chi connectivity index (χ4v) is 2.45. The predicted molar refractivity (Wildman–Crippen MR) is 73.3 cm³/mol. The molecular formula is C14H30N2O. The molecule has 102 valence electrons. The maximum absolute atomic E-state index is 9.81. The molecule has 3 nitrogen and oxygen atoms in total. The number of aliphatic hydroxyl groups is 1. The quantitative estimate of drug-likeness (QED) is 0.670. The van der Waals surface area contributed by atoms with Crippen LogP contribution in [0.25, 0.3) is 0 Å². The summed E-state index contributed by atoms with van der Waals surface area (Å²) in [6, 6.07) is 0.678. The molecular weight excluding hydrogens is 212 g/mol. The molecule has 0 aliphatic carbocycles. The Balaban J connectivity index is 2.31. The lowest BCUT2D eigenvalue weighted by Crippen LogP contribution is -2.47. The van der Waals surface area contributed by atoms with E-state index < -0.39 is 5.60 Å². The number of likely N-dealkylation sites (tertiary alicyclic amines) is 1. The Morgan fingerprint density at radius 1 is 1.35 bits per heavy atom. The van der Waals surface area contributed by atoms with E-state index in [9.17, 15) is 5.11 Å². The second kappa shape index (κ2) is 7.34. The zero-order valence-corrected chi connectivity index (χ0v) is 11.8. The van der Waals surface area contributed by atoms with Crippen molar-refractivity contribution in [1.82, 2.24) is 10.2 Å². The first kappa shape index (κ1) is 14.9. The molecule has 0 aromatic rings. The van der Waals surface area contributed by atoms with E-state index in [-0.39, 0.29) is 0 Å². The second-order valence-corrected chi connectivity index (χ2v) is 5.95. The Morgan fingerprint density at radius 2 is 2.12 bits per heavy atom. The average molecular weight is 242 g/mol. The van der Waals surface area contributed by atoms with E-state index in [1.807, 2.05) is 13.8 Å². The van der Waals surface area contributed by atoms with Crippen molar-refractivity contribution in [1.29, 1.82) is 0 Å². The summed E-state index contributed by atoms with van der Waals surface area (Å²) in [4.78, 5) is 2.56. The van der Waals surface area contributed by atoms with Gasteiger partial charge in [-0.3, -0.25) is 4.90 Å². The Morgan fingerprint density at radius 3 is 2.76 bits per heavy atom. The van der Waals surface area contributed by atoms with Gasteiger partial charge in [0.05, 0.1) is 5.60 Å². The molecule has 17 heavy (non-hydrogen) atoms. The van der Waals surface area contributed by atoms with Gasteiger partial charge in [-0.1, -0.05) is 13.3 Å². The molecule has 1 heterocycles. The van der Waals surface area contributed by atoms with E-state index in [1.54, 1.807) is 0 Å². The molecule has 1 aliphatic heterocycles. The van der Waals surface area contributed by atoms with Crippen LogP contribution in [0.1, 0.15) is 52.9 Å². The molecule has 2 N–H and O–H groups in total. The van der Waals surface area contributed by atoms with Gasteiger partial charge < -0.3 is 10.4 Å². The van der Waals surface area contributed by atoms with Crippen LogP contribution in [0.3, 0.4) is 0 Å². The van der Waals surface area contributed by atoms with Gasteiger partial charge in [-0.25, -0.2) is 0 Å². The van der Waals surface area contributed by atoms with Crippen molar-refractivity contribution in [2.45, 2.75) is 64.5 Å². The van der Waals surface area contributed by atoms with Gasteiger partial charge in [0.25, 0.3) is 0 Å². The SMILES string of the molecule is CCCNCC1CCCCN1CCC(C)(C)O. The summed E-state index contributed by atoms with van der Waals surface area (Å²) >= 11 is 0. The number of piperidine rings is 1. The Bertz CT molecular complexity index is 201. The molecule has 1 fully saturated rings. The number of hydrogen-bond acceptors (Lipinski definition) is 3. The average Bonchev–Trinajstić information content (AvgIpc) is 2.27. The summed E-state index contributed by atoms with van der Waals surface area (Å²) in [5, 5.41) is 13.3. The van der Waals surface area contributed by atoms with E-state index in [0.29, 0.717) is 6.04 Å². The number of rotatable bonds is 7. The van der Waals surface area contributed by atoms with E-state index in [1.165, 1.54) is 32.2 Å². The van der Waals surface area contributed by atoms with Crippen LogP contribution in [0.2, 0.25) is 0 Å². The van der Waals surface area contributed by atoms with Gasteiger partial charge in [-0.15, -0.1) is 0 Å². The first-order valence-electron chi connectivity index (χ1n) is 7.20. The third kappa shape index (κ3) is 6.39. The van der Waals surface area contributed by atoms with Gasteiger partial charge in [-0.2, -0.15) is 0 Å². The third-order valence-electron chi connectivity index (χ3n) is 3.57. The second-order valence-electron chi connectivity index (χ2n) is 5.95. The largest absolute Gasteiger partial charge is 0.390 e. The van der Waals surface area contributed by atoms with Crippen LogP contribution in [0.15, 0.2) is 0 Å². The molecule has 0 spiro atoms. The first-order chi connectivity index (χ1) is 8.03. The van der Waals surface area contributed by atoms with Gasteiger partial charge in [0.1, 0.15) is 0 Å². The summed E-state index contributed by atoms with van der Waals surface area (Å²) < 4.78 is 0. The third-order valence-corrected chi connectivity index (χ3v) is 3.57. The van der Waals surface area contributed by atoms with Crippen molar-refractivity contribution in [3.63, 3.8) is 0 Å². The summed E-state index contributed by atoms with van der Waals surface area (Å²) in [6.45, 7) is 10.5. The lowest BCUT2D eigenvalue weighted by molar-refractivity contribution is 0.0442. The first-order valence-corrected chi connectivity index (χ1v) is 7.20. The molecule has 0 aromatic heterocycles. The van der Waals surface area contributed by atoms with Gasteiger partial charge in [0.15, 0.2) is 0 Å². The smallest absolute Gasteiger partial charge is 0.0603 e. The Kier molecular flexibility index (Phi) is 6.45.